The number of ether oxygens (including phenoxy) is 3. The molecule has 1 fully saturated rings. The molecule has 0 atom stereocenters. The smallest absolute Gasteiger partial charge is 0.266 e. The Morgan fingerprint density at radius 2 is 1.81 bits per heavy atom. The zero-order valence-electron chi connectivity index (χ0n) is 18.3. The maximum Gasteiger partial charge on any atom is 0.266 e. The number of methoxy groups -OCH3 is 3. The lowest BCUT2D eigenvalue weighted by Gasteiger charge is -2.14. The highest BCUT2D eigenvalue weighted by atomic mass is 32.2. The highest BCUT2D eigenvalue weighted by Gasteiger charge is 2.32. The first-order valence-corrected chi connectivity index (χ1v) is 11.0. The van der Waals surface area contributed by atoms with Crippen molar-refractivity contribution in [2.75, 3.05) is 33.2 Å². The van der Waals surface area contributed by atoms with E-state index >= 15 is 0 Å². The number of aryl methyl sites for hydroxylation is 1. The SMILES string of the molecule is COc1cc(C=C2SC(=S)N(CCC(=O)Nc3cccc(C)c3)C2=O)cc(OC)c1OC. The molecular weight excluding hydrogens is 448 g/mol. The number of hydrogen-bond donors (Lipinski definition) is 1. The number of amides is 2. The Morgan fingerprint density at radius 1 is 1.12 bits per heavy atom. The molecule has 9 heteroatoms. The van der Waals surface area contributed by atoms with Crippen LogP contribution in [0, 0.1) is 6.92 Å². The number of carbonyl (C=O) groups is 2. The molecule has 2 aromatic rings. The third-order valence-electron chi connectivity index (χ3n) is 4.72. The summed E-state index contributed by atoms with van der Waals surface area (Å²) in [6, 6.07) is 11.0. The predicted molar refractivity (Wildman–Crippen MR) is 130 cm³/mol. The zero-order valence-corrected chi connectivity index (χ0v) is 19.9. The van der Waals surface area contributed by atoms with Gasteiger partial charge in [-0.1, -0.05) is 36.1 Å². The Hall–Kier alpha value is -3.04. The van der Waals surface area contributed by atoms with E-state index in [4.69, 9.17) is 26.4 Å². The van der Waals surface area contributed by atoms with Crippen LogP contribution in [0.1, 0.15) is 17.5 Å². The Labute approximate surface area is 196 Å². The van der Waals surface area contributed by atoms with Crippen molar-refractivity contribution >= 4 is 51.9 Å². The number of anilines is 1. The van der Waals surface area contributed by atoms with Crippen LogP contribution in [-0.2, 0) is 9.59 Å². The van der Waals surface area contributed by atoms with Crippen LogP contribution in [0.4, 0.5) is 5.69 Å². The fourth-order valence-electron chi connectivity index (χ4n) is 3.19. The van der Waals surface area contributed by atoms with Gasteiger partial charge in [-0.2, -0.15) is 0 Å². The number of thioether (sulfide) groups is 1. The fourth-order valence-corrected chi connectivity index (χ4v) is 4.50. The lowest BCUT2D eigenvalue weighted by Crippen LogP contribution is -2.31. The second-order valence-corrected chi connectivity index (χ2v) is 8.64. The van der Waals surface area contributed by atoms with Gasteiger partial charge in [0.1, 0.15) is 4.32 Å². The van der Waals surface area contributed by atoms with Gasteiger partial charge in [0.05, 0.1) is 26.2 Å². The van der Waals surface area contributed by atoms with Crippen LogP contribution in [-0.4, -0.2) is 48.9 Å². The van der Waals surface area contributed by atoms with Crippen LogP contribution in [0.5, 0.6) is 17.2 Å². The van der Waals surface area contributed by atoms with E-state index < -0.39 is 0 Å². The molecule has 3 rings (SSSR count). The number of carbonyl (C=O) groups excluding carboxylic acids is 2. The van der Waals surface area contributed by atoms with Crippen LogP contribution >= 0.6 is 24.0 Å². The molecule has 1 aliphatic rings. The summed E-state index contributed by atoms with van der Waals surface area (Å²) < 4.78 is 16.5. The summed E-state index contributed by atoms with van der Waals surface area (Å²) in [5.74, 6) is 1.03. The van der Waals surface area contributed by atoms with Crippen molar-refractivity contribution in [2.45, 2.75) is 13.3 Å². The molecule has 0 unspecified atom stereocenters. The van der Waals surface area contributed by atoms with E-state index in [0.717, 1.165) is 11.3 Å². The highest BCUT2D eigenvalue weighted by molar-refractivity contribution is 8.26. The summed E-state index contributed by atoms with van der Waals surface area (Å²) in [5.41, 5.74) is 2.48. The van der Waals surface area contributed by atoms with Crippen LogP contribution in [0.25, 0.3) is 6.08 Å². The molecule has 0 radical (unpaired) electrons. The van der Waals surface area contributed by atoms with E-state index in [1.54, 1.807) is 18.2 Å². The monoisotopic (exact) mass is 472 g/mol. The third kappa shape index (κ3) is 5.41. The molecule has 0 aromatic heterocycles. The Morgan fingerprint density at radius 3 is 2.41 bits per heavy atom. The van der Waals surface area contributed by atoms with Gasteiger partial charge in [-0.15, -0.1) is 0 Å². The standard InChI is InChI=1S/C23H24N2O5S2/c1-14-6-5-7-16(10-14)24-20(26)8-9-25-22(27)19(32-23(25)31)13-15-11-17(28-2)21(30-4)18(12-15)29-3/h5-7,10-13H,8-9H2,1-4H3,(H,24,26). The van der Waals surface area contributed by atoms with Gasteiger partial charge in [-0.25, -0.2) is 0 Å². The molecule has 7 nitrogen and oxygen atoms in total. The highest BCUT2D eigenvalue weighted by Crippen LogP contribution is 2.40. The number of nitrogens with zero attached hydrogens (tertiary/aromatic N) is 1. The summed E-state index contributed by atoms with van der Waals surface area (Å²) in [6.07, 6.45) is 1.86. The van der Waals surface area contributed by atoms with Gasteiger partial charge < -0.3 is 19.5 Å². The van der Waals surface area contributed by atoms with Gasteiger partial charge in [-0.3, -0.25) is 14.5 Å². The van der Waals surface area contributed by atoms with E-state index in [9.17, 15) is 9.59 Å². The van der Waals surface area contributed by atoms with Crippen molar-refractivity contribution in [3.63, 3.8) is 0 Å². The first-order chi connectivity index (χ1) is 15.4. The number of hydrogen-bond acceptors (Lipinski definition) is 7. The predicted octanol–water partition coefficient (Wildman–Crippen LogP) is 4.25. The molecule has 0 saturated carbocycles. The molecule has 0 aliphatic carbocycles. The molecular formula is C23H24N2O5S2. The van der Waals surface area contributed by atoms with E-state index in [1.165, 1.54) is 38.0 Å². The van der Waals surface area contributed by atoms with Gasteiger partial charge in [0, 0.05) is 18.7 Å². The second kappa shape index (κ2) is 10.5. The molecule has 2 aromatic carbocycles. The number of nitrogens with one attached hydrogen (secondary N) is 1. The molecule has 1 N–H and O–H groups in total. The first kappa shape index (κ1) is 23.6. The van der Waals surface area contributed by atoms with E-state index in [0.29, 0.717) is 32.0 Å². The van der Waals surface area contributed by atoms with Crippen LogP contribution in [0.3, 0.4) is 0 Å². The second-order valence-electron chi connectivity index (χ2n) is 6.96. The Balaban J connectivity index is 1.70. The third-order valence-corrected chi connectivity index (χ3v) is 6.10. The molecule has 32 heavy (non-hydrogen) atoms. The van der Waals surface area contributed by atoms with Crippen LogP contribution in [0.15, 0.2) is 41.3 Å². The lowest BCUT2D eigenvalue weighted by molar-refractivity contribution is -0.122. The molecule has 0 spiro atoms. The maximum absolute atomic E-state index is 12.9. The van der Waals surface area contributed by atoms with Crippen molar-refractivity contribution in [1.82, 2.24) is 4.90 Å². The summed E-state index contributed by atoms with van der Waals surface area (Å²) in [4.78, 5) is 27.1. The average Bonchev–Trinajstić information content (AvgIpc) is 3.03. The van der Waals surface area contributed by atoms with Crippen LogP contribution < -0.4 is 19.5 Å². The molecule has 1 heterocycles. The molecule has 1 saturated heterocycles. The minimum absolute atomic E-state index is 0.137. The minimum Gasteiger partial charge on any atom is -0.493 e. The summed E-state index contributed by atoms with van der Waals surface area (Å²) in [7, 11) is 4.59. The van der Waals surface area contributed by atoms with Crippen LogP contribution in [0.2, 0.25) is 0 Å². The summed E-state index contributed by atoms with van der Waals surface area (Å²) in [5, 5.41) is 2.84. The van der Waals surface area contributed by atoms with Crippen molar-refractivity contribution in [3.8, 4) is 17.2 Å². The first-order valence-electron chi connectivity index (χ1n) is 9.78. The molecule has 168 valence electrons. The summed E-state index contributed by atoms with van der Waals surface area (Å²) >= 11 is 6.57. The van der Waals surface area contributed by atoms with Crippen molar-refractivity contribution in [3.05, 3.63) is 52.4 Å². The molecule has 0 bridgehead atoms. The van der Waals surface area contributed by atoms with E-state index in [2.05, 4.69) is 5.32 Å². The zero-order chi connectivity index (χ0) is 23.3. The Bertz CT molecular complexity index is 1060. The van der Waals surface area contributed by atoms with Crippen molar-refractivity contribution in [1.29, 1.82) is 0 Å². The maximum atomic E-state index is 12.9. The minimum atomic E-state index is -0.239. The average molecular weight is 473 g/mol. The van der Waals surface area contributed by atoms with E-state index in [-0.39, 0.29) is 24.8 Å². The number of rotatable bonds is 8. The van der Waals surface area contributed by atoms with Gasteiger partial charge in [-0.05, 0) is 48.4 Å². The fraction of sp³-hybridized carbons (Fsp3) is 0.261. The van der Waals surface area contributed by atoms with E-state index in [1.807, 2.05) is 31.2 Å². The van der Waals surface area contributed by atoms with Gasteiger partial charge in [0.25, 0.3) is 5.91 Å². The molecule has 2 amide bonds. The Kier molecular flexibility index (Phi) is 7.76. The normalized spacial score (nSPS) is 14.6. The van der Waals surface area contributed by atoms with Crippen molar-refractivity contribution in [2.24, 2.45) is 0 Å². The quantitative estimate of drug-likeness (QED) is 0.455. The molecule has 1 aliphatic heterocycles. The van der Waals surface area contributed by atoms with Crippen molar-refractivity contribution < 1.29 is 23.8 Å². The number of benzene rings is 2. The van der Waals surface area contributed by atoms with Gasteiger partial charge in [0.15, 0.2) is 11.5 Å². The summed E-state index contributed by atoms with van der Waals surface area (Å²) in [6.45, 7) is 2.16. The van der Waals surface area contributed by atoms with Gasteiger partial charge >= 0.3 is 0 Å². The number of thiocarbonyl (C=S) groups is 1. The van der Waals surface area contributed by atoms with Gasteiger partial charge in [0.2, 0.25) is 11.7 Å². The largest absolute Gasteiger partial charge is 0.493 e. The lowest BCUT2D eigenvalue weighted by atomic mass is 10.1. The topological polar surface area (TPSA) is 77.1 Å².